The molecule has 2 amide bonds. The van der Waals surface area contributed by atoms with Gasteiger partial charge in [0.25, 0.3) is 0 Å². The van der Waals surface area contributed by atoms with Gasteiger partial charge in [0.15, 0.2) is 0 Å². The molecule has 32 heavy (non-hydrogen) atoms. The standard InChI is InChI=1S/C22H25Cl3N2O5/c1-2-20(30)10-27(19(29)32-11-22(23,24)25)16-8-21(17-7-14(20)12(16)9-31-17)13-5-3-4-6-15(13)26-18(21)28/h3-6,12,14,16-17,30H,2,7-11H2,1H3,(H,26,28)/t12?,14?,16?,17?,20-,21+/m1/s1. The number of likely N-dealkylation sites (tertiary alicyclic amines) is 1. The summed E-state index contributed by atoms with van der Waals surface area (Å²) in [5.41, 5.74) is -0.435. The number of anilines is 1. The molecule has 4 unspecified atom stereocenters. The van der Waals surface area contributed by atoms with Crippen LogP contribution < -0.4 is 5.32 Å². The highest BCUT2D eigenvalue weighted by molar-refractivity contribution is 6.67. The van der Waals surface area contributed by atoms with Crippen molar-refractivity contribution in [3.05, 3.63) is 29.8 Å². The number of β-amino-alcohol motifs (C(OH)–C–C–N with tert-alkyl or cyclic N) is 1. The number of fused-ring (bicyclic) bond motifs is 2. The number of carbonyl (C=O) groups excluding carboxylic acids is 2. The van der Waals surface area contributed by atoms with Crippen molar-refractivity contribution in [2.75, 3.05) is 25.1 Å². The lowest BCUT2D eigenvalue weighted by Crippen LogP contribution is -2.65. The lowest BCUT2D eigenvalue weighted by molar-refractivity contribution is -0.170. The van der Waals surface area contributed by atoms with Crippen LogP contribution in [0.5, 0.6) is 0 Å². The molecular formula is C22H25Cl3N2O5. The first-order chi connectivity index (χ1) is 15.1. The molecule has 1 aromatic rings. The molecule has 0 radical (unpaired) electrons. The number of halogens is 3. The smallest absolute Gasteiger partial charge is 0.410 e. The lowest BCUT2D eigenvalue weighted by atomic mass is 9.68. The van der Waals surface area contributed by atoms with Crippen molar-refractivity contribution in [2.45, 2.75) is 53.1 Å². The van der Waals surface area contributed by atoms with E-state index in [9.17, 15) is 14.7 Å². The number of rotatable bonds is 2. The quantitative estimate of drug-likeness (QED) is 0.602. The Balaban J connectivity index is 1.58. The number of benzene rings is 1. The van der Waals surface area contributed by atoms with Crippen LogP contribution in [0.4, 0.5) is 10.5 Å². The molecule has 4 heterocycles. The summed E-state index contributed by atoms with van der Waals surface area (Å²) in [5, 5.41) is 14.6. The maximum atomic E-state index is 13.5. The third kappa shape index (κ3) is 3.31. The highest BCUT2D eigenvalue weighted by Gasteiger charge is 2.66. The van der Waals surface area contributed by atoms with E-state index >= 15 is 0 Å². The second-order valence-corrected chi connectivity index (χ2v) is 11.8. The normalized spacial score (nSPS) is 37.8. The SMILES string of the molecule is CC[C@@]1(O)CN(C(=O)OCC(Cl)(Cl)Cl)C2C[C@@]3(C(=O)Nc4ccccc43)C3CC1C2CO3. The number of alkyl halides is 3. The van der Waals surface area contributed by atoms with Crippen LogP contribution >= 0.6 is 34.8 Å². The first-order valence-electron chi connectivity index (χ1n) is 10.8. The summed E-state index contributed by atoms with van der Waals surface area (Å²) in [5.74, 6) is -0.370. The Morgan fingerprint density at radius 3 is 2.84 bits per heavy atom. The van der Waals surface area contributed by atoms with Gasteiger partial charge < -0.3 is 24.8 Å². The Hall–Kier alpha value is -1.25. The Labute approximate surface area is 201 Å². The summed E-state index contributed by atoms with van der Waals surface area (Å²) in [6.07, 6.45) is 0.318. The second-order valence-electron chi connectivity index (χ2n) is 9.33. The minimum absolute atomic E-state index is 0.0973. The molecule has 5 aliphatic rings. The van der Waals surface area contributed by atoms with Gasteiger partial charge >= 0.3 is 6.09 Å². The summed E-state index contributed by atoms with van der Waals surface area (Å²) in [6.45, 7) is 1.94. The maximum Gasteiger partial charge on any atom is 0.410 e. The lowest BCUT2D eigenvalue weighted by Gasteiger charge is -2.53. The van der Waals surface area contributed by atoms with Crippen LogP contribution in [-0.2, 0) is 19.7 Å². The summed E-state index contributed by atoms with van der Waals surface area (Å²) in [7, 11) is 0. The van der Waals surface area contributed by atoms with Crippen LogP contribution in [0.25, 0.3) is 0 Å². The molecule has 0 aromatic heterocycles. The van der Waals surface area contributed by atoms with E-state index in [2.05, 4.69) is 5.32 Å². The van der Waals surface area contributed by atoms with E-state index in [4.69, 9.17) is 44.3 Å². The van der Waals surface area contributed by atoms with Gasteiger partial charge in [0.2, 0.25) is 9.70 Å². The van der Waals surface area contributed by atoms with E-state index in [0.717, 1.165) is 11.3 Å². The molecule has 4 aliphatic heterocycles. The summed E-state index contributed by atoms with van der Waals surface area (Å²) >= 11 is 17.3. The number of nitrogens with zero attached hydrogens (tertiary/aromatic N) is 1. The molecule has 6 atom stereocenters. The van der Waals surface area contributed by atoms with Crippen LogP contribution in [0.3, 0.4) is 0 Å². The first-order valence-corrected chi connectivity index (χ1v) is 12.0. The highest BCUT2D eigenvalue weighted by Crippen LogP contribution is 2.57. The number of amides is 2. The molecule has 3 saturated heterocycles. The highest BCUT2D eigenvalue weighted by atomic mass is 35.6. The van der Waals surface area contributed by atoms with Crippen molar-refractivity contribution in [1.29, 1.82) is 0 Å². The zero-order valence-electron chi connectivity index (χ0n) is 17.5. The molecule has 1 aromatic carbocycles. The molecule has 4 fully saturated rings. The molecule has 1 aliphatic carbocycles. The zero-order valence-corrected chi connectivity index (χ0v) is 19.8. The van der Waals surface area contributed by atoms with Crippen LogP contribution in [-0.4, -0.2) is 63.3 Å². The minimum Gasteiger partial charge on any atom is -0.445 e. The number of hydrogen-bond donors (Lipinski definition) is 2. The van der Waals surface area contributed by atoms with E-state index in [-0.39, 0.29) is 30.3 Å². The van der Waals surface area contributed by atoms with Gasteiger partial charge in [0, 0.05) is 17.6 Å². The molecule has 6 rings (SSSR count). The Bertz CT molecular complexity index is 956. The molecule has 174 valence electrons. The summed E-state index contributed by atoms with van der Waals surface area (Å²) in [4.78, 5) is 28.1. The van der Waals surface area contributed by atoms with Crippen molar-refractivity contribution >= 4 is 52.5 Å². The predicted octanol–water partition coefficient (Wildman–Crippen LogP) is 3.63. The number of carbonyl (C=O) groups is 2. The van der Waals surface area contributed by atoms with Crippen molar-refractivity contribution in [2.24, 2.45) is 11.8 Å². The molecule has 10 heteroatoms. The van der Waals surface area contributed by atoms with Gasteiger partial charge in [0.1, 0.15) is 12.0 Å². The fourth-order valence-corrected chi connectivity index (χ4v) is 6.46. The van der Waals surface area contributed by atoms with Gasteiger partial charge in [-0.15, -0.1) is 0 Å². The van der Waals surface area contributed by atoms with Gasteiger partial charge in [-0.2, -0.15) is 0 Å². The number of hydrogen-bond acceptors (Lipinski definition) is 5. The van der Waals surface area contributed by atoms with E-state index < -0.39 is 33.6 Å². The van der Waals surface area contributed by atoms with Crippen molar-refractivity contribution in [1.82, 2.24) is 4.90 Å². The monoisotopic (exact) mass is 502 g/mol. The van der Waals surface area contributed by atoms with Crippen LogP contribution in [0.1, 0.15) is 31.7 Å². The Morgan fingerprint density at radius 1 is 1.38 bits per heavy atom. The van der Waals surface area contributed by atoms with Crippen molar-refractivity contribution in [3.8, 4) is 0 Å². The maximum absolute atomic E-state index is 13.5. The van der Waals surface area contributed by atoms with Crippen LogP contribution in [0.2, 0.25) is 0 Å². The number of piperidine rings is 1. The third-order valence-electron chi connectivity index (χ3n) is 7.85. The molecule has 2 N–H and O–H groups in total. The average Bonchev–Trinajstić information content (AvgIpc) is 2.87. The van der Waals surface area contributed by atoms with E-state index in [1.54, 1.807) is 0 Å². The zero-order chi connectivity index (χ0) is 22.9. The Kier molecular flexibility index (Phi) is 5.38. The number of ether oxygens (including phenoxy) is 2. The van der Waals surface area contributed by atoms with Gasteiger partial charge in [-0.05, 0) is 36.8 Å². The van der Waals surface area contributed by atoms with Gasteiger partial charge in [0.05, 0.1) is 24.9 Å². The third-order valence-corrected chi connectivity index (χ3v) is 8.18. The molecule has 7 nitrogen and oxygen atoms in total. The van der Waals surface area contributed by atoms with E-state index in [0.29, 0.717) is 25.9 Å². The van der Waals surface area contributed by atoms with Crippen molar-refractivity contribution < 1.29 is 24.2 Å². The molecular weight excluding hydrogens is 479 g/mol. The van der Waals surface area contributed by atoms with Gasteiger partial charge in [-0.3, -0.25) is 4.79 Å². The first kappa shape index (κ1) is 22.5. The average molecular weight is 504 g/mol. The van der Waals surface area contributed by atoms with Gasteiger partial charge in [-0.25, -0.2) is 4.79 Å². The molecule has 1 spiro atoms. The second kappa shape index (κ2) is 7.64. The Morgan fingerprint density at radius 2 is 2.12 bits per heavy atom. The number of nitrogens with one attached hydrogen (secondary N) is 1. The minimum atomic E-state index is -1.74. The van der Waals surface area contributed by atoms with E-state index in [1.165, 1.54) is 4.90 Å². The summed E-state index contributed by atoms with van der Waals surface area (Å²) in [6, 6.07) is 7.23. The van der Waals surface area contributed by atoms with Crippen LogP contribution in [0.15, 0.2) is 24.3 Å². The van der Waals surface area contributed by atoms with Crippen molar-refractivity contribution in [3.63, 3.8) is 0 Å². The predicted molar refractivity (Wildman–Crippen MR) is 120 cm³/mol. The molecule has 1 saturated carbocycles. The number of aliphatic hydroxyl groups is 1. The van der Waals surface area contributed by atoms with Crippen LogP contribution in [0, 0.1) is 11.8 Å². The largest absolute Gasteiger partial charge is 0.445 e. The van der Waals surface area contributed by atoms with E-state index in [1.807, 2.05) is 31.2 Å². The topological polar surface area (TPSA) is 88.1 Å². The number of para-hydroxylation sites is 1. The fraction of sp³-hybridized carbons (Fsp3) is 0.636. The van der Waals surface area contributed by atoms with Gasteiger partial charge in [-0.1, -0.05) is 59.9 Å². The fourth-order valence-electron chi connectivity index (χ4n) is 6.30. The summed E-state index contributed by atoms with van der Waals surface area (Å²) < 4.78 is 9.83. The molecule has 4 bridgehead atoms.